The van der Waals surface area contributed by atoms with Gasteiger partial charge >= 0.3 is 0 Å². The van der Waals surface area contributed by atoms with Crippen molar-refractivity contribution in [2.45, 2.75) is 19.3 Å². The van der Waals surface area contributed by atoms with Crippen LogP contribution in [0.25, 0.3) is 110 Å². The lowest BCUT2D eigenvalue weighted by Crippen LogP contribution is -2.14. The fourth-order valence-electron chi connectivity index (χ4n) is 9.63. The van der Waals surface area contributed by atoms with E-state index in [1.807, 2.05) is 24.3 Å². The maximum Gasteiger partial charge on any atom is 0.136 e. The molecule has 0 bridgehead atoms. The Balaban J connectivity index is 1.15. The Morgan fingerprint density at radius 1 is 0.309 bits per heavy atom. The minimum absolute atomic E-state index is 0.108. The lowest BCUT2D eigenvalue weighted by molar-refractivity contribution is 0.660. The third-order valence-corrected chi connectivity index (χ3v) is 12.3. The summed E-state index contributed by atoms with van der Waals surface area (Å²) in [5.74, 6) is 0. The molecule has 0 amide bonds. The van der Waals surface area contributed by atoms with Crippen molar-refractivity contribution in [1.82, 2.24) is 0 Å². The van der Waals surface area contributed by atoms with Crippen molar-refractivity contribution in [3.05, 3.63) is 181 Å². The number of para-hydroxylation sites is 2. The molecule has 0 N–H and O–H groups in total. The lowest BCUT2D eigenvalue weighted by Gasteiger charge is -2.23. The monoisotopic (exact) mass is 702 g/mol. The van der Waals surface area contributed by atoms with Gasteiger partial charge in [0, 0.05) is 27.0 Å². The summed E-state index contributed by atoms with van der Waals surface area (Å²) < 4.78 is 12.8. The number of benzene rings is 9. The highest BCUT2D eigenvalue weighted by atomic mass is 16.3. The van der Waals surface area contributed by atoms with Crippen molar-refractivity contribution in [3.63, 3.8) is 0 Å². The molecule has 0 unspecified atom stereocenters. The third kappa shape index (κ3) is 4.31. The third-order valence-electron chi connectivity index (χ3n) is 12.3. The Labute approximate surface area is 317 Å². The molecule has 11 aromatic rings. The zero-order chi connectivity index (χ0) is 36.4. The first-order valence-electron chi connectivity index (χ1n) is 19.1. The normalized spacial score (nSPS) is 13.4. The summed E-state index contributed by atoms with van der Waals surface area (Å²) in [7, 11) is 0. The Morgan fingerprint density at radius 3 is 1.40 bits per heavy atom. The van der Waals surface area contributed by atoms with Gasteiger partial charge < -0.3 is 8.83 Å². The van der Waals surface area contributed by atoms with E-state index in [0.717, 1.165) is 55.0 Å². The number of furan rings is 2. The fraction of sp³-hybridized carbons (Fsp3) is 0.0566. The first kappa shape index (κ1) is 30.6. The minimum atomic E-state index is -0.108. The number of hydrogen-bond acceptors (Lipinski definition) is 2. The zero-order valence-electron chi connectivity index (χ0n) is 30.5. The van der Waals surface area contributed by atoms with Gasteiger partial charge in [0.15, 0.2) is 0 Å². The van der Waals surface area contributed by atoms with E-state index in [9.17, 15) is 0 Å². The number of rotatable bonds is 3. The fourth-order valence-corrected chi connectivity index (χ4v) is 9.63. The van der Waals surface area contributed by atoms with Crippen LogP contribution in [-0.2, 0) is 5.41 Å². The number of hydrogen-bond donors (Lipinski definition) is 0. The van der Waals surface area contributed by atoms with Gasteiger partial charge in [-0.2, -0.15) is 0 Å². The summed E-state index contributed by atoms with van der Waals surface area (Å²) in [6.07, 6.45) is 0. The molecule has 0 spiro atoms. The predicted molar refractivity (Wildman–Crippen MR) is 230 cm³/mol. The molecule has 0 aliphatic heterocycles. The molecule has 2 aromatic heterocycles. The molecule has 1 aliphatic rings. The van der Waals surface area contributed by atoms with Gasteiger partial charge in [-0.1, -0.05) is 135 Å². The molecule has 0 atom stereocenters. The van der Waals surface area contributed by atoms with Crippen LogP contribution in [0, 0.1) is 0 Å². The maximum absolute atomic E-state index is 6.40. The molecule has 55 heavy (non-hydrogen) atoms. The van der Waals surface area contributed by atoms with Crippen LogP contribution in [0.15, 0.2) is 179 Å². The average molecular weight is 703 g/mol. The predicted octanol–water partition coefficient (Wildman–Crippen LogP) is 15.1. The molecule has 2 nitrogen and oxygen atoms in total. The highest BCUT2D eigenvalue weighted by molar-refractivity contribution is 6.20. The van der Waals surface area contributed by atoms with Crippen LogP contribution >= 0.6 is 0 Å². The van der Waals surface area contributed by atoms with E-state index in [0.29, 0.717) is 0 Å². The van der Waals surface area contributed by atoms with Gasteiger partial charge in [-0.15, -0.1) is 0 Å². The van der Waals surface area contributed by atoms with E-state index < -0.39 is 0 Å². The zero-order valence-corrected chi connectivity index (χ0v) is 30.5. The summed E-state index contributed by atoms with van der Waals surface area (Å²) in [6.45, 7) is 4.72. The Bertz CT molecular complexity index is 3240. The average Bonchev–Trinajstić information content (AvgIpc) is 3.86. The van der Waals surface area contributed by atoms with Gasteiger partial charge in [0.25, 0.3) is 0 Å². The quantitative estimate of drug-likeness (QED) is 0.171. The second kappa shape index (κ2) is 11.1. The summed E-state index contributed by atoms with van der Waals surface area (Å²) in [5.41, 5.74) is 16.0. The standard InChI is InChI=1S/C53H34O2/c1-53(2)46-18-6-3-11-36(46)37-24-23-33(27-47(37)53)52-42-16-9-14-34(31-21-25-40-38-12-4-7-19-48(38)54-50(40)28-31)44(42)30-45-35(15-10-17-43(45)52)32-22-26-41-39-13-5-8-20-49(39)55-51(41)29-32/h3-30H,1-2H3. The molecule has 2 heterocycles. The topological polar surface area (TPSA) is 26.3 Å². The lowest BCUT2D eigenvalue weighted by atomic mass is 9.80. The molecular formula is C53H34O2. The first-order valence-corrected chi connectivity index (χ1v) is 19.1. The Kier molecular flexibility index (Phi) is 6.15. The van der Waals surface area contributed by atoms with Crippen LogP contribution in [-0.4, -0.2) is 0 Å². The molecule has 2 heteroatoms. The van der Waals surface area contributed by atoms with E-state index in [-0.39, 0.29) is 5.41 Å². The molecule has 258 valence electrons. The molecule has 0 radical (unpaired) electrons. The molecule has 0 saturated carbocycles. The van der Waals surface area contributed by atoms with Crippen LogP contribution < -0.4 is 0 Å². The van der Waals surface area contributed by atoms with Crippen LogP contribution in [0.4, 0.5) is 0 Å². The second-order valence-electron chi connectivity index (χ2n) is 15.6. The van der Waals surface area contributed by atoms with Crippen LogP contribution in [0.5, 0.6) is 0 Å². The molecule has 1 aliphatic carbocycles. The molecule has 12 rings (SSSR count). The SMILES string of the molecule is CC1(C)c2ccccc2-c2ccc(-c3c4cccc(-c5ccc6c(c5)oc5ccccc56)c4cc4c(-c5ccc6c(c5)oc5ccccc56)cccc34)cc21. The van der Waals surface area contributed by atoms with Crippen molar-refractivity contribution in [2.75, 3.05) is 0 Å². The van der Waals surface area contributed by atoms with Crippen LogP contribution in [0.2, 0.25) is 0 Å². The maximum atomic E-state index is 6.40. The summed E-state index contributed by atoms with van der Waals surface area (Å²) >= 11 is 0. The van der Waals surface area contributed by atoms with Crippen molar-refractivity contribution < 1.29 is 8.83 Å². The molecule has 9 aromatic carbocycles. The molecule has 0 saturated heterocycles. The summed E-state index contributed by atoms with van der Waals surface area (Å²) in [6, 6.07) is 61.9. The minimum Gasteiger partial charge on any atom is -0.456 e. The van der Waals surface area contributed by atoms with Gasteiger partial charge in [-0.3, -0.25) is 0 Å². The van der Waals surface area contributed by atoms with E-state index >= 15 is 0 Å². The first-order chi connectivity index (χ1) is 27.0. The molecular weight excluding hydrogens is 669 g/mol. The van der Waals surface area contributed by atoms with Gasteiger partial charge in [-0.05, 0) is 126 Å². The van der Waals surface area contributed by atoms with Gasteiger partial charge in [-0.25, -0.2) is 0 Å². The Hall–Kier alpha value is -6.90. The van der Waals surface area contributed by atoms with Crippen molar-refractivity contribution in [3.8, 4) is 44.5 Å². The molecule has 0 fully saturated rings. The Morgan fingerprint density at radius 2 is 0.782 bits per heavy atom. The smallest absolute Gasteiger partial charge is 0.136 e. The number of fused-ring (bicyclic) bond motifs is 11. The van der Waals surface area contributed by atoms with Gasteiger partial charge in [0.2, 0.25) is 0 Å². The second-order valence-corrected chi connectivity index (χ2v) is 15.6. The van der Waals surface area contributed by atoms with Crippen molar-refractivity contribution in [2.24, 2.45) is 0 Å². The van der Waals surface area contributed by atoms with E-state index in [1.165, 1.54) is 66.1 Å². The summed E-state index contributed by atoms with van der Waals surface area (Å²) in [4.78, 5) is 0. The van der Waals surface area contributed by atoms with Crippen molar-refractivity contribution >= 4 is 65.4 Å². The van der Waals surface area contributed by atoms with E-state index in [1.54, 1.807) is 0 Å². The highest BCUT2D eigenvalue weighted by Crippen LogP contribution is 2.51. The van der Waals surface area contributed by atoms with Gasteiger partial charge in [0.1, 0.15) is 22.3 Å². The summed E-state index contributed by atoms with van der Waals surface area (Å²) in [5, 5.41) is 9.43. The van der Waals surface area contributed by atoms with E-state index in [2.05, 4.69) is 159 Å². The van der Waals surface area contributed by atoms with E-state index in [4.69, 9.17) is 8.83 Å². The largest absolute Gasteiger partial charge is 0.456 e. The van der Waals surface area contributed by atoms with Crippen LogP contribution in [0.3, 0.4) is 0 Å². The van der Waals surface area contributed by atoms with Gasteiger partial charge in [0.05, 0.1) is 0 Å². The van der Waals surface area contributed by atoms with Crippen molar-refractivity contribution in [1.29, 1.82) is 0 Å². The van der Waals surface area contributed by atoms with Crippen LogP contribution in [0.1, 0.15) is 25.0 Å². The highest BCUT2D eigenvalue weighted by Gasteiger charge is 2.35.